The van der Waals surface area contributed by atoms with Crippen LogP contribution in [0.2, 0.25) is 5.02 Å². The van der Waals surface area contributed by atoms with Gasteiger partial charge in [-0.3, -0.25) is 4.79 Å². The molecule has 0 aliphatic carbocycles. The van der Waals surface area contributed by atoms with Crippen LogP contribution in [-0.2, 0) is 26.1 Å². The third kappa shape index (κ3) is 5.42. The molecule has 1 aromatic heterocycles. The first-order valence-electron chi connectivity index (χ1n) is 8.49. The normalized spacial score (nSPS) is 14.9. The van der Waals surface area contributed by atoms with Crippen LogP contribution in [0.1, 0.15) is 5.56 Å². The summed E-state index contributed by atoms with van der Waals surface area (Å²) in [7, 11) is -3.66. The Bertz CT molecular complexity index is 930. The Morgan fingerprint density at radius 1 is 1.21 bits per heavy atom. The molecule has 1 aliphatic rings. The quantitative estimate of drug-likeness (QED) is 0.574. The first kappa shape index (κ1) is 22.6. The van der Waals surface area contributed by atoms with Crippen molar-refractivity contribution in [3.63, 3.8) is 0 Å². The predicted octanol–water partition coefficient (Wildman–Crippen LogP) is -1.40. The molecule has 152 valence electrons. The third-order valence-electron chi connectivity index (χ3n) is 4.20. The van der Waals surface area contributed by atoms with Crippen molar-refractivity contribution in [3.05, 3.63) is 53.3 Å². The summed E-state index contributed by atoms with van der Waals surface area (Å²) in [6.45, 7) is 3.39. The summed E-state index contributed by atoms with van der Waals surface area (Å²) < 4.78 is 33.8. The highest BCUT2D eigenvalue weighted by Gasteiger charge is 2.27. The van der Waals surface area contributed by atoms with Gasteiger partial charge in [-0.15, -0.1) is 0 Å². The first-order chi connectivity index (χ1) is 12.9. The second kappa shape index (κ2) is 9.67. The number of benzene rings is 1. The van der Waals surface area contributed by atoms with Crippen molar-refractivity contribution >= 4 is 33.2 Å². The van der Waals surface area contributed by atoms with Gasteiger partial charge in [-0.05, 0) is 30.7 Å². The summed E-state index contributed by atoms with van der Waals surface area (Å²) in [5.41, 5.74) is 1.36. The minimum atomic E-state index is -3.66. The Morgan fingerprint density at radius 3 is 2.50 bits per heavy atom. The van der Waals surface area contributed by atoms with Crippen LogP contribution in [0, 0.1) is 6.92 Å². The fourth-order valence-electron chi connectivity index (χ4n) is 2.69. The van der Waals surface area contributed by atoms with Crippen LogP contribution in [0.15, 0.2) is 47.6 Å². The van der Waals surface area contributed by atoms with Gasteiger partial charge in [-0.2, -0.15) is 8.87 Å². The van der Waals surface area contributed by atoms with Crippen LogP contribution in [0.4, 0.5) is 5.69 Å². The molecule has 10 heteroatoms. The summed E-state index contributed by atoms with van der Waals surface area (Å²) in [5.74, 6) is -0.299. The average molecular weight is 446 g/mol. The summed E-state index contributed by atoms with van der Waals surface area (Å²) >= 11 is 6.15. The molecule has 3 rings (SSSR count). The number of aryl methyl sites for hydroxylation is 1. The zero-order chi connectivity index (χ0) is 19.4. The Kier molecular flexibility index (Phi) is 7.79. The number of hydrogen-bond donors (Lipinski definition) is 1. The molecule has 0 saturated carbocycles. The fraction of sp³-hybridized carbons (Fsp3) is 0.333. The van der Waals surface area contributed by atoms with Crippen LogP contribution in [0.25, 0.3) is 0 Å². The van der Waals surface area contributed by atoms with E-state index in [-0.39, 0.29) is 40.5 Å². The molecule has 1 aromatic carbocycles. The highest BCUT2D eigenvalue weighted by atomic mass is 35.5. The number of ether oxygens (including phenoxy) is 1. The van der Waals surface area contributed by atoms with Crippen molar-refractivity contribution in [1.82, 2.24) is 4.31 Å². The lowest BCUT2D eigenvalue weighted by Gasteiger charge is -2.26. The summed E-state index contributed by atoms with van der Waals surface area (Å²) in [4.78, 5) is 12.4. The van der Waals surface area contributed by atoms with Crippen molar-refractivity contribution in [2.45, 2.75) is 18.4 Å². The number of morpholine rings is 1. The second-order valence-electron chi connectivity index (χ2n) is 6.25. The number of hydrogen-bond acceptors (Lipinski definition) is 4. The number of anilines is 1. The molecule has 7 nitrogen and oxygen atoms in total. The Balaban J connectivity index is 0.00000280. The maximum Gasteiger partial charge on any atom is 0.290 e. The lowest BCUT2D eigenvalue weighted by Crippen LogP contribution is -3.00. The lowest BCUT2D eigenvalue weighted by atomic mass is 10.3. The number of halogens is 2. The highest BCUT2D eigenvalue weighted by Crippen LogP contribution is 2.27. The van der Waals surface area contributed by atoms with E-state index in [0.29, 0.717) is 26.3 Å². The standard InChI is InChI=1S/C18H20ClN3O4S.ClH/c1-14-4-6-21(7-5-14)13-18(23)20-17-12-15(2-3-16(17)19)27(24,25)22-8-10-26-11-9-22;/h2-7,12H,8-11,13H2,1H3;1H. The molecule has 0 spiro atoms. The average Bonchev–Trinajstić information content (AvgIpc) is 2.66. The molecule has 0 unspecified atom stereocenters. The van der Waals surface area contributed by atoms with Crippen molar-refractivity contribution in [1.29, 1.82) is 0 Å². The molecule has 0 atom stereocenters. The molecule has 1 N–H and O–H groups in total. The summed E-state index contributed by atoms with van der Waals surface area (Å²) in [5, 5.41) is 2.97. The minimum absolute atomic E-state index is 0. The van der Waals surface area contributed by atoms with E-state index in [1.807, 2.05) is 19.1 Å². The number of sulfonamides is 1. The minimum Gasteiger partial charge on any atom is -1.00 e. The zero-order valence-electron chi connectivity index (χ0n) is 15.3. The zero-order valence-corrected chi connectivity index (χ0v) is 17.6. The molecule has 1 amide bonds. The third-order valence-corrected chi connectivity index (χ3v) is 6.43. The monoisotopic (exact) mass is 445 g/mol. The number of nitrogens with zero attached hydrogens (tertiary/aromatic N) is 2. The predicted molar refractivity (Wildman–Crippen MR) is 101 cm³/mol. The molecular formula is C18H21Cl2N3O4S. The van der Waals surface area contributed by atoms with E-state index >= 15 is 0 Å². The Morgan fingerprint density at radius 2 is 1.86 bits per heavy atom. The molecule has 0 bridgehead atoms. The number of nitrogens with one attached hydrogen (secondary N) is 1. The van der Waals surface area contributed by atoms with Crippen molar-refractivity contribution in [2.24, 2.45) is 0 Å². The van der Waals surface area contributed by atoms with Crippen LogP contribution < -0.4 is 22.3 Å². The van der Waals surface area contributed by atoms with Gasteiger partial charge in [0.25, 0.3) is 5.91 Å². The van der Waals surface area contributed by atoms with Crippen molar-refractivity contribution < 1.29 is 34.9 Å². The number of carbonyl (C=O) groups is 1. The smallest absolute Gasteiger partial charge is 0.290 e. The number of carbonyl (C=O) groups excluding carboxylic acids is 1. The summed E-state index contributed by atoms with van der Waals surface area (Å²) in [6, 6.07) is 8.11. The van der Waals surface area contributed by atoms with Gasteiger partial charge in [0.15, 0.2) is 12.4 Å². The van der Waals surface area contributed by atoms with Gasteiger partial charge in [-0.25, -0.2) is 8.42 Å². The Labute approximate surface area is 175 Å². The molecule has 28 heavy (non-hydrogen) atoms. The highest BCUT2D eigenvalue weighted by molar-refractivity contribution is 7.89. The van der Waals surface area contributed by atoms with E-state index in [9.17, 15) is 13.2 Å². The molecule has 1 fully saturated rings. The number of pyridine rings is 1. The van der Waals surface area contributed by atoms with Gasteiger partial charge in [0, 0.05) is 25.2 Å². The largest absolute Gasteiger partial charge is 1.00 e. The molecule has 1 saturated heterocycles. The summed E-state index contributed by atoms with van der Waals surface area (Å²) in [6.07, 6.45) is 3.60. The van der Waals surface area contributed by atoms with E-state index in [0.717, 1.165) is 5.56 Å². The SMILES string of the molecule is Cc1cc[n+](CC(=O)Nc2cc(S(=O)(=O)N3CCOCC3)ccc2Cl)cc1.[Cl-]. The van der Waals surface area contributed by atoms with Crippen LogP contribution in [0.3, 0.4) is 0 Å². The fourth-order valence-corrected chi connectivity index (χ4v) is 4.29. The van der Waals surface area contributed by atoms with E-state index < -0.39 is 10.0 Å². The van der Waals surface area contributed by atoms with Crippen LogP contribution >= 0.6 is 11.6 Å². The molecule has 0 radical (unpaired) electrons. The topological polar surface area (TPSA) is 79.6 Å². The van der Waals surface area contributed by atoms with Crippen molar-refractivity contribution in [3.8, 4) is 0 Å². The number of aromatic nitrogens is 1. The molecular weight excluding hydrogens is 425 g/mol. The first-order valence-corrected chi connectivity index (χ1v) is 10.3. The van der Waals surface area contributed by atoms with Gasteiger partial charge >= 0.3 is 0 Å². The maximum atomic E-state index is 12.8. The maximum absolute atomic E-state index is 12.8. The van der Waals surface area contributed by atoms with Crippen molar-refractivity contribution in [2.75, 3.05) is 31.6 Å². The van der Waals surface area contributed by atoms with Crippen LogP contribution in [0.5, 0.6) is 0 Å². The van der Waals surface area contributed by atoms with E-state index in [1.54, 1.807) is 17.0 Å². The molecule has 2 heterocycles. The van der Waals surface area contributed by atoms with Crippen LogP contribution in [-0.4, -0.2) is 44.9 Å². The number of amides is 1. The van der Waals surface area contributed by atoms with E-state index in [4.69, 9.17) is 16.3 Å². The van der Waals surface area contributed by atoms with Gasteiger partial charge < -0.3 is 22.5 Å². The second-order valence-corrected chi connectivity index (χ2v) is 8.60. The van der Waals surface area contributed by atoms with Gasteiger partial charge in [0.05, 0.1) is 28.8 Å². The van der Waals surface area contributed by atoms with Gasteiger partial charge in [0.1, 0.15) is 0 Å². The van der Waals surface area contributed by atoms with E-state index in [1.165, 1.54) is 22.5 Å². The van der Waals surface area contributed by atoms with Gasteiger partial charge in [0.2, 0.25) is 16.6 Å². The lowest BCUT2D eigenvalue weighted by molar-refractivity contribution is -0.684. The molecule has 2 aromatic rings. The van der Waals surface area contributed by atoms with E-state index in [2.05, 4.69) is 5.32 Å². The Hall–Kier alpha value is -1.71. The van der Waals surface area contributed by atoms with Gasteiger partial charge in [-0.1, -0.05) is 11.6 Å². The number of rotatable bonds is 5. The molecule has 1 aliphatic heterocycles.